The molecule has 6 heteroatoms. The first kappa shape index (κ1) is 17.9. The molecular formula is C23H25N5O. The van der Waals surface area contributed by atoms with Crippen LogP contribution in [0.15, 0.2) is 66.9 Å². The minimum atomic E-state index is -0.430. The molecule has 0 aliphatic carbocycles. The van der Waals surface area contributed by atoms with Gasteiger partial charge in [-0.05, 0) is 25.0 Å². The maximum absolute atomic E-state index is 12.8. The molecule has 0 bridgehead atoms. The third-order valence-electron chi connectivity index (χ3n) is 6.16. The van der Waals surface area contributed by atoms with E-state index in [9.17, 15) is 4.79 Å². The number of nitrogens with one attached hydrogen (secondary N) is 2. The minimum absolute atomic E-state index is 0.161. The van der Waals surface area contributed by atoms with Gasteiger partial charge in [-0.15, -0.1) is 0 Å². The molecule has 6 nitrogen and oxygen atoms in total. The van der Waals surface area contributed by atoms with E-state index in [-0.39, 0.29) is 5.91 Å². The van der Waals surface area contributed by atoms with Gasteiger partial charge in [0, 0.05) is 42.8 Å². The fourth-order valence-corrected chi connectivity index (χ4v) is 4.54. The number of hydrogen-bond acceptors (Lipinski definition) is 4. The monoisotopic (exact) mass is 387 g/mol. The van der Waals surface area contributed by atoms with Crippen LogP contribution in [-0.2, 0) is 11.3 Å². The number of amides is 1. The Labute approximate surface area is 170 Å². The summed E-state index contributed by atoms with van der Waals surface area (Å²) in [6.45, 7) is 3.18. The van der Waals surface area contributed by atoms with E-state index >= 15 is 0 Å². The number of anilines is 1. The van der Waals surface area contributed by atoms with Gasteiger partial charge in [-0.3, -0.25) is 9.69 Å². The number of piperidine rings is 1. The Hall–Kier alpha value is -3.12. The van der Waals surface area contributed by atoms with Crippen molar-refractivity contribution in [3.05, 3.63) is 72.6 Å². The number of benzene rings is 2. The maximum Gasteiger partial charge on any atom is 0.247 e. The van der Waals surface area contributed by atoms with Crippen LogP contribution in [0.5, 0.6) is 0 Å². The van der Waals surface area contributed by atoms with Crippen LogP contribution in [0.4, 0.5) is 5.69 Å². The van der Waals surface area contributed by atoms with Crippen LogP contribution in [-0.4, -0.2) is 46.1 Å². The predicted octanol–water partition coefficient (Wildman–Crippen LogP) is 3.01. The first-order chi connectivity index (χ1) is 14.2. The zero-order chi connectivity index (χ0) is 19.7. The van der Waals surface area contributed by atoms with Gasteiger partial charge in [0.1, 0.15) is 11.4 Å². The van der Waals surface area contributed by atoms with Gasteiger partial charge in [0.25, 0.3) is 0 Å². The van der Waals surface area contributed by atoms with Crippen molar-refractivity contribution < 1.29 is 4.79 Å². The van der Waals surface area contributed by atoms with Crippen molar-refractivity contribution >= 4 is 11.6 Å². The third kappa shape index (κ3) is 3.29. The first-order valence-electron chi connectivity index (χ1n) is 10.2. The third-order valence-corrected chi connectivity index (χ3v) is 6.16. The van der Waals surface area contributed by atoms with Crippen LogP contribution >= 0.6 is 0 Å². The molecule has 3 aromatic rings. The van der Waals surface area contributed by atoms with E-state index in [1.165, 1.54) is 0 Å². The molecular weight excluding hydrogens is 362 g/mol. The van der Waals surface area contributed by atoms with Crippen LogP contribution in [0, 0.1) is 0 Å². The SMILES string of the molecule is O=C1NCN(c2ccccc2)C12CCN(Cc1cnc(-c3ccccc3)[nH]1)CC2. The second-order valence-electron chi connectivity index (χ2n) is 7.86. The largest absolute Gasteiger partial charge is 0.341 e. The molecule has 148 valence electrons. The highest BCUT2D eigenvalue weighted by molar-refractivity contribution is 5.93. The Morgan fingerprint density at radius 1 is 0.966 bits per heavy atom. The maximum atomic E-state index is 12.8. The molecule has 1 amide bonds. The number of aromatic amines is 1. The Bertz CT molecular complexity index is 977. The van der Waals surface area contributed by atoms with E-state index in [1.54, 1.807) is 0 Å². The average molecular weight is 387 g/mol. The van der Waals surface area contributed by atoms with Gasteiger partial charge >= 0.3 is 0 Å². The summed E-state index contributed by atoms with van der Waals surface area (Å²) < 4.78 is 0. The van der Waals surface area contributed by atoms with E-state index in [4.69, 9.17) is 0 Å². The second kappa shape index (κ2) is 7.37. The predicted molar refractivity (Wildman–Crippen MR) is 113 cm³/mol. The van der Waals surface area contributed by atoms with E-state index in [0.717, 1.165) is 55.2 Å². The lowest BCUT2D eigenvalue weighted by Crippen LogP contribution is -2.56. The first-order valence-corrected chi connectivity index (χ1v) is 10.2. The highest BCUT2D eigenvalue weighted by atomic mass is 16.2. The Kier molecular flexibility index (Phi) is 4.56. The summed E-state index contributed by atoms with van der Waals surface area (Å²) in [4.78, 5) is 25.4. The normalized spacial score (nSPS) is 18.9. The molecule has 2 saturated heterocycles. The highest BCUT2D eigenvalue weighted by Gasteiger charge is 2.50. The molecule has 0 radical (unpaired) electrons. The molecule has 0 unspecified atom stereocenters. The van der Waals surface area contributed by atoms with Crippen LogP contribution < -0.4 is 10.2 Å². The second-order valence-corrected chi connectivity index (χ2v) is 7.86. The zero-order valence-corrected chi connectivity index (χ0v) is 16.3. The number of H-pyrrole nitrogens is 1. The van der Waals surface area contributed by atoms with Crippen molar-refractivity contribution in [2.45, 2.75) is 24.9 Å². The Morgan fingerprint density at radius 3 is 2.38 bits per heavy atom. The molecule has 3 heterocycles. The van der Waals surface area contributed by atoms with Crippen molar-refractivity contribution in [3.8, 4) is 11.4 Å². The van der Waals surface area contributed by atoms with Crippen molar-refractivity contribution in [2.75, 3.05) is 24.7 Å². The molecule has 29 heavy (non-hydrogen) atoms. The number of aromatic nitrogens is 2. The van der Waals surface area contributed by atoms with E-state index in [2.05, 4.69) is 49.4 Å². The average Bonchev–Trinajstić information content (AvgIpc) is 3.36. The van der Waals surface area contributed by atoms with Crippen molar-refractivity contribution in [1.29, 1.82) is 0 Å². The standard InChI is InChI=1S/C23H25N5O/c29-22-23(28(17-25-22)20-9-5-2-6-10-20)11-13-27(14-12-23)16-19-15-24-21(26-19)18-7-3-1-4-8-18/h1-10,15H,11-14,16-17H2,(H,24,26)(H,25,29). The number of imidazole rings is 1. The molecule has 5 rings (SSSR count). The number of para-hydroxylation sites is 1. The highest BCUT2D eigenvalue weighted by Crippen LogP contribution is 2.36. The molecule has 2 aliphatic rings. The molecule has 2 aliphatic heterocycles. The van der Waals surface area contributed by atoms with Crippen LogP contribution in [0.25, 0.3) is 11.4 Å². The molecule has 2 fully saturated rings. The van der Waals surface area contributed by atoms with Crippen molar-refractivity contribution in [2.24, 2.45) is 0 Å². The van der Waals surface area contributed by atoms with Gasteiger partial charge in [0.15, 0.2) is 0 Å². The number of carbonyl (C=O) groups is 1. The molecule has 0 atom stereocenters. The fourth-order valence-electron chi connectivity index (χ4n) is 4.54. The van der Waals surface area contributed by atoms with Crippen molar-refractivity contribution in [3.63, 3.8) is 0 Å². The van der Waals surface area contributed by atoms with Crippen LogP contribution in [0.3, 0.4) is 0 Å². The van der Waals surface area contributed by atoms with Gasteiger partial charge in [0.2, 0.25) is 5.91 Å². The molecule has 0 saturated carbocycles. The number of nitrogens with zero attached hydrogens (tertiary/aromatic N) is 3. The smallest absolute Gasteiger partial charge is 0.247 e. The quantitative estimate of drug-likeness (QED) is 0.722. The van der Waals surface area contributed by atoms with Crippen LogP contribution in [0.1, 0.15) is 18.5 Å². The van der Waals surface area contributed by atoms with E-state index in [1.807, 2.05) is 42.6 Å². The Balaban J connectivity index is 1.27. The lowest BCUT2D eigenvalue weighted by atomic mass is 9.85. The molecule has 1 spiro atoms. The summed E-state index contributed by atoms with van der Waals surface area (Å²) in [5.41, 5.74) is 2.88. The Morgan fingerprint density at radius 2 is 1.66 bits per heavy atom. The van der Waals surface area contributed by atoms with Gasteiger partial charge in [-0.2, -0.15) is 0 Å². The minimum Gasteiger partial charge on any atom is -0.341 e. The lowest BCUT2D eigenvalue weighted by Gasteiger charge is -2.43. The van der Waals surface area contributed by atoms with Gasteiger partial charge in [-0.1, -0.05) is 48.5 Å². The van der Waals surface area contributed by atoms with E-state index in [0.29, 0.717) is 6.67 Å². The molecule has 1 aromatic heterocycles. The van der Waals surface area contributed by atoms with E-state index < -0.39 is 5.54 Å². The molecule has 2 aromatic carbocycles. The number of carbonyl (C=O) groups excluding carboxylic acids is 1. The van der Waals surface area contributed by atoms with Gasteiger partial charge in [-0.25, -0.2) is 4.98 Å². The van der Waals surface area contributed by atoms with Crippen molar-refractivity contribution in [1.82, 2.24) is 20.2 Å². The number of likely N-dealkylation sites (tertiary alicyclic amines) is 1. The fraction of sp³-hybridized carbons (Fsp3) is 0.304. The lowest BCUT2D eigenvalue weighted by molar-refractivity contribution is -0.125. The van der Waals surface area contributed by atoms with Gasteiger partial charge in [0.05, 0.1) is 6.67 Å². The molecule has 2 N–H and O–H groups in total. The summed E-state index contributed by atoms with van der Waals surface area (Å²) in [7, 11) is 0. The number of rotatable bonds is 4. The summed E-state index contributed by atoms with van der Waals surface area (Å²) in [5.74, 6) is 1.06. The topological polar surface area (TPSA) is 64.3 Å². The summed E-state index contributed by atoms with van der Waals surface area (Å²) in [5, 5.41) is 3.07. The number of hydrogen-bond donors (Lipinski definition) is 2. The summed E-state index contributed by atoms with van der Waals surface area (Å²) >= 11 is 0. The van der Waals surface area contributed by atoms with Crippen LogP contribution in [0.2, 0.25) is 0 Å². The zero-order valence-electron chi connectivity index (χ0n) is 16.3. The van der Waals surface area contributed by atoms with Gasteiger partial charge < -0.3 is 15.2 Å². The summed E-state index contributed by atoms with van der Waals surface area (Å²) in [6.07, 6.45) is 3.58. The summed E-state index contributed by atoms with van der Waals surface area (Å²) in [6, 6.07) is 20.4.